The van der Waals surface area contributed by atoms with Crippen molar-refractivity contribution >= 4 is 65.6 Å². The van der Waals surface area contributed by atoms with E-state index in [-0.39, 0.29) is 0 Å². The van der Waals surface area contributed by atoms with Crippen LogP contribution in [0.3, 0.4) is 0 Å². The van der Waals surface area contributed by atoms with E-state index in [4.69, 9.17) is 14.4 Å². The number of rotatable bonds is 4. The first-order valence-corrected chi connectivity index (χ1v) is 17.2. The molecule has 11 aromatic rings. The van der Waals surface area contributed by atoms with Crippen molar-refractivity contribution in [3.05, 3.63) is 170 Å². The van der Waals surface area contributed by atoms with E-state index in [1.807, 2.05) is 24.3 Å². The first kappa shape index (κ1) is 27.9. The van der Waals surface area contributed by atoms with Crippen molar-refractivity contribution in [2.45, 2.75) is 0 Å². The summed E-state index contributed by atoms with van der Waals surface area (Å²) in [4.78, 5) is 10.7. The summed E-state index contributed by atoms with van der Waals surface area (Å²) in [6, 6.07) is 59.4. The van der Waals surface area contributed by atoms with E-state index in [0.29, 0.717) is 5.95 Å². The number of fused-ring (bicyclic) bond motifs is 10. The number of para-hydroxylation sites is 3. The maximum absolute atomic E-state index is 6.43. The summed E-state index contributed by atoms with van der Waals surface area (Å²) in [5, 5.41) is 6.76. The molecule has 4 aromatic heterocycles. The minimum atomic E-state index is 0.624. The van der Waals surface area contributed by atoms with Crippen LogP contribution in [0.25, 0.3) is 99.7 Å². The molecule has 0 atom stereocenters. The molecular formula is C46H28N4O. The highest BCUT2D eigenvalue weighted by atomic mass is 16.3. The minimum Gasteiger partial charge on any atom is -0.456 e. The molecule has 5 nitrogen and oxygen atoms in total. The molecule has 0 aliphatic carbocycles. The molecule has 0 radical (unpaired) electrons. The van der Waals surface area contributed by atoms with Gasteiger partial charge in [0.1, 0.15) is 11.2 Å². The lowest BCUT2D eigenvalue weighted by atomic mass is 10.1. The molecule has 0 unspecified atom stereocenters. The second-order valence-electron chi connectivity index (χ2n) is 13.0. The van der Waals surface area contributed by atoms with Crippen LogP contribution >= 0.6 is 0 Å². The summed E-state index contributed by atoms with van der Waals surface area (Å²) in [6.07, 6.45) is 0. The lowest BCUT2D eigenvalue weighted by molar-refractivity contribution is 0.669. The summed E-state index contributed by atoms with van der Waals surface area (Å²) in [5.74, 6) is 0.624. The Balaban J connectivity index is 1.33. The normalized spacial score (nSPS) is 11.9. The quantitative estimate of drug-likeness (QED) is 0.190. The molecule has 0 fully saturated rings. The minimum absolute atomic E-state index is 0.624. The van der Waals surface area contributed by atoms with Crippen molar-refractivity contribution in [1.29, 1.82) is 0 Å². The van der Waals surface area contributed by atoms with Gasteiger partial charge in [0.15, 0.2) is 0 Å². The van der Waals surface area contributed by atoms with Gasteiger partial charge in [-0.25, -0.2) is 9.97 Å². The Morgan fingerprint density at radius 1 is 0.373 bits per heavy atom. The predicted molar refractivity (Wildman–Crippen MR) is 209 cm³/mol. The number of nitrogens with zero attached hydrogens (tertiary/aromatic N) is 4. The van der Waals surface area contributed by atoms with Crippen LogP contribution in [0, 0.1) is 0 Å². The lowest BCUT2D eigenvalue weighted by Crippen LogP contribution is -2.05. The zero-order valence-electron chi connectivity index (χ0n) is 27.4. The number of aromatic nitrogens is 4. The van der Waals surface area contributed by atoms with Crippen molar-refractivity contribution in [2.24, 2.45) is 0 Å². The average Bonchev–Trinajstić information content (AvgIpc) is 3.85. The first-order chi connectivity index (χ1) is 25.3. The molecule has 11 rings (SSSR count). The van der Waals surface area contributed by atoms with Crippen LogP contribution in [0.2, 0.25) is 0 Å². The topological polar surface area (TPSA) is 48.8 Å². The molecular weight excluding hydrogens is 625 g/mol. The summed E-state index contributed by atoms with van der Waals surface area (Å²) in [7, 11) is 0. The van der Waals surface area contributed by atoms with Gasteiger partial charge in [-0.05, 0) is 42.5 Å². The van der Waals surface area contributed by atoms with Gasteiger partial charge < -0.3 is 8.98 Å². The van der Waals surface area contributed by atoms with Crippen LogP contribution in [0.15, 0.2) is 174 Å². The Bertz CT molecular complexity index is 3060. The second kappa shape index (κ2) is 10.8. The van der Waals surface area contributed by atoms with E-state index < -0.39 is 0 Å². The largest absolute Gasteiger partial charge is 0.456 e. The van der Waals surface area contributed by atoms with Gasteiger partial charge in [0.25, 0.3) is 0 Å². The lowest BCUT2D eigenvalue weighted by Gasteiger charge is -2.14. The predicted octanol–water partition coefficient (Wildman–Crippen LogP) is 11.9. The fraction of sp³-hybridized carbons (Fsp3) is 0. The SMILES string of the molecule is c1ccc(-c2cc(-c3ccccc3)nc(-n3c4ccccc4c4ccc5c6cc7oc8ccccc8c7cc6n(-c6ccccc6)c5c43)n2)cc1. The van der Waals surface area contributed by atoms with E-state index >= 15 is 0 Å². The Kier molecular flexibility index (Phi) is 5.89. The molecule has 0 spiro atoms. The Labute approximate surface area is 292 Å². The molecule has 0 bridgehead atoms. The molecule has 0 saturated heterocycles. The van der Waals surface area contributed by atoms with Crippen LogP contribution in [-0.2, 0) is 0 Å². The molecule has 0 saturated carbocycles. The highest BCUT2D eigenvalue weighted by Gasteiger charge is 2.24. The van der Waals surface area contributed by atoms with E-state index in [2.05, 4.69) is 155 Å². The maximum atomic E-state index is 6.43. The van der Waals surface area contributed by atoms with Crippen molar-refractivity contribution in [3.8, 4) is 34.2 Å². The fourth-order valence-corrected chi connectivity index (χ4v) is 7.87. The van der Waals surface area contributed by atoms with Crippen LogP contribution in [-0.4, -0.2) is 19.1 Å². The van der Waals surface area contributed by atoms with Gasteiger partial charge in [-0.15, -0.1) is 0 Å². The van der Waals surface area contributed by atoms with Gasteiger partial charge in [-0.2, -0.15) is 0 Å². The van der Waals surface area contributed by atoms with Gasteiger partial charge in [-0.3, -0.25) is 4.57 Å². The molecule has 0 aliphatic heterocycles. The van der Waals surface area contributed by atoms with E-state index in [0.717, 1.165) is 93.8 Å². The maximum Gasteiger partial charge on any atom is 0.235 e. The van der Waals surface area contributed by atoms with Gasteiger partial charge in [-0.1, -0.05) is 127 Å². The third-order valence-corrected chi connectivity index (χ3v) is 10.1. The fourth-order valence-electron chi connectivity index (χ4n) is 7.87. The smallest absolute Gasteiger partial charge is 0.235 e. The van der Waals surface area contributed by atoms with Gasteiger partial charge in [0.05, 0.1) is 33.5 Å². The van der Waals surface area contributed by atoms with E-state index in [9.17, 15) is 0 Å². The molecule has 51 heavy (non-hydrogen) atoms. The van der Waals surface area contributed by atoms with Gasteiger partial charge in [0.2, 0.25) is 5.95 Å². The Morgan fingerprint density at radius 3 is 1.65 bits per heavy atom. The molecule has 0 N–H and O–H groups in total. The van der Waals surface area contributed by atoms with Crippen LogP contribution in [0.1, 0.15) is 0 Å². The van der Waals surface area contributed by atoms with E-state index in [1.54, 1.807) is 0 Å². The highest BCUT2D eigenvalue weighted by Crippen LogP contribution is 2.43. The first-order valence-electron chi connectivity index (χ1n) is 17.2. The summed E-state index contributed by atoms with van der Waals surface area (Å²) in [5.41, 5.74) is 11.0. The monoisotopic (exact) mass is 652 g/mol. The zero-order valence-corrected chi connectivity index (χ0v) is 27.4. The highest BCUT2D eigenvalue weighted by molar-refractivity contribution is 6.25. The number of hydrogen-bond acceptors (Lipinski definition) is 3. The van der Waals surface area contributed by atoms with Crippen LogP contribution in [0.5, 0.6) is 0 Å². The molecule has 7 aromatic carbocycles. The second-order valence-corrected chi connectivity index (χ2v) is 13.0. The summed E-state index contributed by atoms with van der Waals surface area (Å²) < 4.78 is 11.1. The van der Waals surface area contributed by atoms with Crippen molar-refractivity contribution in [3.63, 3.8) is 0 Å². The standard InChI is InChI=1S/C46H28N4O/c1-4-14-29(15-5-1)38-28-39(30-16-6-2-7-17-30)48-46(47-38)50-40-22-12-10-20-32(40)34-24-25-35-36-27-43-37(33-21-11-13-23-42(33)51-43)26-41(36)49(44(35)45(34)50)31-18-8-3-9-19-31/h1-28H. The number of hydrogen-bond donors (Lipinski definition) is 0. The average molecular weight is 653 g/mol. The van der Waals surface area contributed by atoms with E-state index in [1.165, 1.54) is 0 Å². The summed E-state index contributed by atoms with van der Waals surface area (Å²) in [6.45, 7) is 0. The molecule has 4 heterocycles. The van der Waals surface area contributed by atoms with Crippen LogP contribution in [0.4, 0.5) is 0 Å². The molecule has 0 aliphatic rings. The third kappa shape index (κ3) is 4.15. The number of furan rings is 1. The zero-order chi connectivity index (χ0) is 33.5. The molecule has 0 amide bonds. The molecule has 238 valence electrons. The number of benzene rings is 7. The Morgan fingerprint density at radius 2 is 0.941 bits per heavy atom. The third-order valence-electron chi connectivity index (χ3n) is 10.1. The van der Waals surface area contributed by atoms with Crippen LogP contribution < -0.4 is 0 Å². The van der Waals surface area contributed by atoms with Gasteiger partial charge in [0, 0.05) is 49.1 Å². The van der Waals surface area contributed by atoms with Crippen molar-refractivity contribution in [1.82, 2.24) is 19.1 Å². The Hall–Kier alpha value is -6.98. The summed E-state index contributed by atoms with van der Waals surface area (Å²) >= 11 is 0. The van der Waals surface area contributed by atoms with Gasteiger partial charge >= 0.3 is 0 Å². The molecule has 5 heteroatoms. The van der Waals surface area contributed by atoms with Crippen molar-refractivity contribution in [2.75, 3.05) is 0 Å². The van der Waals surface area contributed by atoms with Crippen molar-refractivity contribution < 1.29 is 4.42 Å².